The molecule has 3 heteroatoms. The lowest BCUT2D eigenvalue weighted by Crippen LogP contribution is -2.34. The zero-order chi connectivity index (χ0) is 19.1. The summed E-state index contributed by atoms with van der Waals surface area (Å²) in [6.07, 6.45) is 1.92. The summed E-state index contributed by atoms with van der Waals surface area (Å²) in [6, 6.07) is 27.6. The average molecular weight is 366 g/mol. The van der Waals surface area contributed by atoms with E-state index in [4.69, 9.17) is 9.15 Å². The molecular weight excluding hydrogens is 348 g/mol. The Kier molecular flexibility index (Phi) is 3.69. The third-order valence-electron chi connectivity index (χ3n) is 5.32. The predicted molar refractivity (Wildman–Crippen MR) is 111 cm³/mol. The molecule has 3 nitrogen and oxygen atoms in total. The molecule has 1 aliphatic heterocycles. The second-order valence-corrected chi connectivity index (χ2v) is 7.05. The molecule has 0 aliphatic carbocycles. The van der Waals surface area contributed by atoms with Crippen molar-refractivity contribution in [3.63, 3.8) is 0 Å². The highest BCUT2D eigenvalue weighted by atomic mass is 16.5. The number of para-hydroxylation sites is 1. The van der Waals surface area contributed by atoms with E-state index in [9.17, 15) is 4.79 Å². The van der Waals surface area contributed by atoms with E-state index in [0.717, 1.165) is 22.1 Å². The van der Waals surface area contributed by atoms with Crippen LogP contribution in [0.2, 0.25) is 0 Å². The van der Waals surface area contributed by atoms with Crippen LogP contribution in [0.25, 0.3) is 22.6 Å². The minimum atomic E-state index is -0.744. The molecule has 0 radical (unpaired) electrons. The molecule has 0 saturated heterocycles. The van der Waals surface area contributed by atoms with Crippen molar-refractivity contribution in [2.24, 2.45) is 0 Å². The summed E-state index contributed by atoms with van der Waals surface area (Å²) < 4.78 is 12.2. The summed E-state index contributed by atoms with van der Waals surface area (Å²) in [5.74, 6) is 0.567. The van der Waals surface area contributed by atoms with Crippen LogP contribution in [0.15, 0.2) is 94.1 Å². The molecule has 2 heterocycles. The molecule has 0 amide bonds. The Morgan fingerprint density at radius 2 is 1.43 bits per heavy atom. The van der Waals surface area contributed by atoms with Crippen molar-refractivity contribution in [2.45, 2.75) is 12.5 Å². The fraction of sp³-hybridized carbons (Fsp3) is 0.0800. The number of ether oxygens (including phenoxy) is 1. The smallest absolute Gasteiger partial charge is 0.347 e. The quantitative estimate of drug-likeness (QED) is 0.431. The Morgan fingerprint density at radius 1 is 0.786 bits per heavy atom. The Bertz CT molecular complexity index is 1250. The average Bonchev–Trinajstić information content (AvgIpc) is 2.75. The van der Waals surface area contributed by atoms with E-state index in [1.807, 2.05) is 79.7 Å². The van der Waals surface area contributed by atoms with Gasteiger partial charge < -0.3 is 9.15 Å². The van der Waals surface area contributed by atoms with Gasteiger partial charge in [0.15, 0.2) is 5.60 Å². The molecule has 1 aliphatic rings. The van der Waals surface area contributed by atoms with Crippen LogP contribution < -0.4 is 10.4 Å². The zero-order valence-corrected chi connectivity index (χ0v) is 15.4. The molecule has 0 N–H and O–H groups in total. The monoisotopic (exact) mass is 366 g/mol. The van der Waals surface area contributed by atoms with Gasteiger partial charge in [0.25, 0.3) is 0 Å². The molecule has 0 fully saturated rings. The number of hydrogen-bond donors (Lipinski definition) is 0. The molecule has 5 rings (SSSR count). The summed E-state index contributed by atoms with van der Waals surface area (Å²) in [6.45, 7) is 2.05. The van der Waals surface area contributed by atoms with Gasteiger partial charge in [0.2, 0.25) is 0 Å². The van der Waals surface area contributed by atoms with E-state index >= 15 is 0 Å². The summed E-state index contributed by atoms with van der Waals surface area (Å²) >= 11 is 0. The highest BCUT2D eigenvalue weighted by molar-refractivity contribution is 5.95. The SMILES string of the molecule is CC1(c2ccccc2)Oc2c(c(=O)oc3ccccc23)C=C1c1ccccc1. The Balaban J connectivity index is 1.85. The van der Waals surface area contributed by atoms with Gasteiger partial charge in [0, 0.05) is 5.57 Å². The first-order chi connectivity index (χ1) is 13.7. The molecule has 1 aromatic heterocycles. The van der Waals surface area contributed by atoms with Crippen LogP contribution in [0, 0.1) is 0 Å². The van der Waals surface area contributed by atoms with Crippen LogP contribution in [0.5, 0.6) is 5.75 Å². The maximum absolute atomic E-state index is 12.7. The Hall–Kier alpha value is -3.59. The lowest BCUT2D eigenvalue weighted by molar-refractivity contribution is 0.150. The standard InChI is InChI=1S/C25H18O3/c1-25(18-12-6-3-7-13-18)21(17-10-4-2-5-11-17)16-20-23(28-25)19-14-8-9-15-22(19)27-24(20)26/h2-16H,1H3. The second-order valence-electron chi connectivity index (χ2n) is 7.05. The molecule has 136 valence electrons. The third kappa shape index (κ3) is 2.48. The van der Waals surface area contributed by atoms with Gasteiger partial charge in [-0.1, -0.05) is 72.8 Å². The van der Waals surface area contributed by atoms with E-state index in [1.54, 1.807) is 6.07 Å². The van der Waals surface area contributed by atoms with Crippen molar-refractivity contribution in [3.05, 3.63) is 112 Å². The maximum Gasteiger partial charge on any atom is 0.347 e. The van der Waals surface area contributed by atoms with Crippen molar-refractivity contribution in [3.8, 4) is 5.75 Å². The van der Waals surface area contributed by atoms with Crippen LogP contribution in [-0.4, -0.2) is 0 Å². The van der Waals surface area contributed by atoms with Crippen LogP contribution in [0.3, 0.4) is 0 Å². The summed E-state index contributed by atoms with van der Waals surface area (Å²) in [5, 5.41) is 0.794. The van der Waals surface area contributed by atoms with Crippen LogP contribution in [0.1, 0.15) is 23.6 Å². The van der Waals surface area contributed by atoms with Crippen molar-refractivity contribution >= 4 is 22.6 Å². The van der Waals surface area contributed by atoms with E-state index in [2.05, 4.69) is 12.1 Å². The fourth-order valence-electron chi connectivity index (χ4n) is 3.86. The van der Waals surface area contributed by atoms with Crippen molar-refractivity contribution in [1.29, 1.82) is 0 Å². The van der Waals surface area contributed by atoms with Gasteiger partial charge in [0.1, 0.15) is 16.9 Å². The lowest BCUT2D eigenvalue weighted by Gasteiger charge is -2.37. The molecule has 1 atom stereocenters. The van der Waals surface area contributed by atoms with Gasteiger partial charge in [-0.05, 0) is 36.3 Å². The van der Waals surface area contributed by atoms with E-state index < -0.39 is 11.2 Å². The normalized spacial score (nSPS) is 18.2. The van der Waals surface area contributed by atoms with Gasteiger partial charge in [-0.25, -0.2) is 4.79 Å². The molecule has 3 aromatic carbocycles. The first-order valence-electron chi connectivity index (χ1n) is 9.25. The predicted octanol–water partition coefficient (Wildman–Crippen LogP) is 5.64. The minimum Gasteiger partial charge on any atom is -0.476 e. The third-order valence-corrected chi connectivity index (χ3v) is 5.32. The van der Waals surface area contributed by atoms with Crippen LogP contribution in [-0.2, 0) is 5.60 Å². The highest BCUT2D eigenvalue weighted by Gasteiger charge is 2.39. The Labute approximate surface area is 162 Å². The van der Waals surface area contributed by atoms with Crippen molar-refractivity contribution < 1.29 is 9.15 Å². The number of hydrogen-bond acceptors (Lipinski definition) is 3. The van der Waals surface area contributed by atoms with E-state index in [1.165, 1.54) is 0 Å². The topological polar surface area (TPSA) is 39.4 Å². The molecule has 28 heavy (non-hydrogen) atoms. The number of rotatable bonds is 2. The van der Waals surface area contributed by atoms with Gasteiger partial charge >= 0.3 is 5.63 Å². The molecular formula is C25H18O3. The summed E-state index contributed by atoms with van der Waals surface area (Å²) in [5.41, 5.74) is 2.79. The highest BCUT2D eigenvalue weighted by Crippen LogP contribution is 2.47. The first-order valence-corrected chi connectivity index (χ1v) is 9.25. The molecule has 1 unspecified atom stereocenters. The van der Waals surface area contributed by atoms with E-state index in [-0.39, 0.29) is 0 Å². The maximum atomic E-state index is 12.7. The first kappa shape index (κ1) is 16.6. The Morgan fingerprint density at radius 3 is 2.18 bits per heavy atom. The van der Waals surface area contributed by atoms with Crippen LogP contribution in [0.4, 0.5) is 0 Å². The van der Waals surface area contributed by atoms with E-state index in [0.29, 0.717) is 16.9 Å². The van der Waals surface area contributed by atoms with Gasteiger partial charge in [-0.3, -0.25) is 0 Å². The molecule has 0 saturated carbocycles. The van der Waals surface area contributed by atoms with Crippen molar-refractivity contribution in [2.75, 3.05) is 0 Å². The van der Waals surface area contributed by atoms with Crippen LogP contribution >= 0.6 is 0 Å². The largest absolute Gasteiger partial charge is 0.476 e. The number of fused-ring (bicyclic) bond motifs is 3. The lowest BCUT2D eigenvalue weighted by atomic mass is 9.81. The van der Waals surface area contributed by atoms with Gasteiger partial charge in [0.05, 0.1) is 5.39 Å². The van der Waals surface area contributed by atoms with Gasteiger partial charge in [-0.15, -0.1) is 0 Å². The molecule has 0 spiro atoms. The van der Waals surface area contributed by atoms with Crippen molar-refractivity contribution in [1.82, 2.24) is 0 Å². The number of benzene rings is 3. The minimum absolute atomic E-state index is 0.391. The van der Waals surface area contributed by atoms with Gasteiger partial charge in [-0.2, -0.15) is 0 Å². The molecule has 0 bridgehead atoms. The fourth-order valence-corrected chi connectivity index (χ4v) is 3.86. The molecule has 4 aromatic rings. The summed E-state index contributed by atoms with van der Waals surface area (Å²) in [7, 11) is 0. The summed E-state index contributed by atoms with van der Waals surface area (Å²) in [4.78, 5) is 12.7. The zero-order valence-electron chi connectivity index (χ0n) is 15.4. The second kappa shape index (κ2) is 6.24.